The van der Waals surface area contributed by atoms with Gasteiger partial charge in [0.25, 0.3) is 5.69 Å². The van der Waals surface area contributed by atoms with E-state index in [-0.39, 0.29) is 22.0 Å². The van der Waals surface area contributed by atoms with Crippen LogP contribution in [0.1, 0.15) is 12.5 Å². The molecule has 0 fully saturated rings. The van der Waals surface area contributed by atoms with Gasteiger partial charge < -0.3 is 4.74 Å². The van der Waals surface area contributed by atoms with E-state index in [4.69, 9.17) is 16.3 Å². The van der Waals surface area contributed by atoms with Crippen LogP contribution >= 0.6 is 11.6 Å². The third-order valence-corrected chi connectivity index (χ3v) is 2.24. The van der Waals surface area contributed by atoms with Crippen molar-refractivity contribution in [3.63, 3.8) is 0 Å². The second kappa shape index (κ2) is 4.27. The fraction of sp³-hybridized carbons (Fsp3) is 0.222. The van der Waals surface area contributed by atoms with Crippen molar-refractivity contribution in [3.8, 4) is 5.75 Å². The van der Waals surface area contributed by atoms with Crippen LogP contribution in [-0.4, -0.2) is 10.9 Å². The van der Waals surface area contributed by atoms with Gasteiger partial charge in [0.15, 0.2) is 0 Å². The number of benzene rings is 1. The first-order valence-corrected chi connectivity index (χ1v) is 4.43. The minimum atomic E-state index is -0.543. The highest BCUT2D eigenvalue weighted by Gasteiger charge is 2.17. The van der Waals surface area contributed by atoms with Gasteiger partial charge in [-0.1, -0.05) is 11.6 Å². The molecule has 0 aliphatic carbocycles. The lowest BCUT2D eigenvalue weighted by Crippen LogP contribution is -2.03. The molecule has 0 amide bonds. The van der Waals surface area contributed by atoms with Gasteiger partial charge in [-0.3, -0.25) is 14.9 Å². The average Bonchev–Trinajstić information content (AvgIpc) is 2.12. The molecule has 0 bridgehead atoms. The normalized spacial score (nSPS) is 9.80. The quantitative estimate of drug-likeness (QED) is 0.338. The van der Waals surface area contributed by atoms with E-state index in [2.05, 4.69) is 0 Å². The topological polar surface area (TPSA) is 69.4 Å². The van der Waals surface area contributed by atoms with E-state index in [1.165, 1.54) is 26.0 Å². The fourth-order valence-corrected chi connectivity index (χ4v) is 1.28. The molecule has 0 aliphatic heterocycles. The molecule has 80 valence electrons. The van der Waals surface area contributed by atoms with E-state index in [0.717, 1.165) is 0 Å². The van der Waals surface area contributed by atoms with Gasteiger partial charge in [-0.2, -0.15) is 0 Å². The van der Waals surface area contributed by atoms with Crippen LogP contribution in [0.4, 0.5) is 5.69 Å². The predicted molar refractivity (Wildman–Crippen MR) is 54.2 cm³/mol. The number of hydrogen-bond donors (Lipinski definition) is 0. The number of carbonyl (C=O) groups is 1. The first-order chi connectivity index (χ1) is 6.93. The van der Waals surface area contributed by atoms with Gasteiger partial charge in [0.1, 0.15) is 5.75 Å². The molecule has 0 spiro atoms. The molecular formula is C9H8ClNO4. The van der Waals surface area contributed by atoms with Crippen LogP contribution in [0.15, 0.2) is 12.1 Å². The minimum Gasteiger partial charge on any atom is -0.425 e. The van der Waals surface area contributed by atoms with Crippen molar-refractivity contribution >= 4 is 23.3 Å². The maximum atomic E-state index is 10.7. The van der Waals surface area contributed by atoms with Crippen molar-refractivity contribution in [1.82, 2.24) is 0 Å². The summed E-state index contributed by atoms with van der Waals surface area (Å²) in [5.74, 6) is -0.391. The van der Waals surface area contributed by atoms with Gasteiger partial charge in [0.05, 0.1) is 9.95 Å². The van der Waals surface area contributed by atoms with Crippen LogP contribution in [0.5, 0.6) is 5.75 Å². The number of nitro groups is 1. The summed E-state index contributed by atoms with van der Waals surface area (Å²) in [6, 6.07) is 2.55. The highest BCUT2D eigenvalue weighted by molar-refractivity contribution is 6.33. The SMILES string of the molecule is CC(=O)Oc1ccc([N+](=O)[O-])c(C)c1Cl. The molecule has 1 aromatic carbocycles. The first kappa shape index (κ1) is 11.5. The van der Waals surface area contributed by atoms with Crippen LogP contribution in [0.3, 0.4) is 0 Å². The number of halogens is 1. The molecule has 0 atom stereocenters. The monoisotopic (exact) mass is 229 g/mol. The Morgan fingerprint density at radius 2 is 2.13 bits per heavy atom. The summed E-state index contributed by atoms with van der Waals surface area (Å²) < 4.78 is 4.77. The van der Waals surface area contributed by atoms with Gasteiger partial charge in [0, 0.05) is 18.6 Å². The Morgan fingerprint density at radius 3 is 2.60 bits per heavy atom. The van der Waals surface area contributed by atoms with E-state index in [1.807, 2.05) is 0 Å². The number of ether oxygens (including phenoxy) is 1. The largest absolute Gasteiger partial charge is 0.425 e. The standard InChI is InChI=1S/C9H8ClNO4/c1-5-7(11(13)14)3-4-8(9(5)10)15-6(2)12/h3-4H,1-2H3. The molecule has 0 aromatic heterocycles. The molecule has 0 N–H and O–H groups in total. The molecule has 0 unspecified atom stereocenters. The summed E-state index contributed by atoms with van der Waals surface area (Å²) in [5, 5.41) is 10.6. The van der Waals surface area contributed by atoms with Gasteiger partial charge in [0.2, 0.25) is 0 Å². The smallest absolute Gasteiger partial charge is 0.308 e. The number of rotatable bonds is 2. The summed E-state index contributed by atoms with van der Waals surface area (Å²) in [6.45, 7) is 2.72. The van der Waals surface area contributed by atoms with Crippen molar-refractivity contribution in [2.75, 3.05) is 0 Å². The Labute approximate surface area is 90.8 Å². The summed E-state index contributed by atoms with van der Waals surface area (Å²) in [7, 11) is 0. The highest BCUT2D eigenvalue weighted by Crippen LogP contribution is 2.33. The maximum Gasteiger partial charge on any atom is 0.308 e. The van der Waals surface area contributed by atoms with E-state index in [1.54, 1.807) is 0 Å². The summed E-state index contributed by atoms with van der Waals surface area (Å²) in [5.41, 5.74) is 0.177. The minimum absolute atomic E-state index is 0.0828. The van der Waals surface area contributed by atoms with Gasteiger partial charge in [-0.05, 0) is 13.0 Å². The number of nitrogens with zero attached hydrogens (tertiary/aromatic N) is 1. The van der Waals surface area contributed by atoms with Gasteiger partial charge >= 0.3 is 5.97 Å². The lowest BCUT2D eigenvalue weighted by molar-refractivity contribution is -0.385. The lowest BCUT2D eigenvalue weighted by Gasteiger charge is -2.06. The fourth-order valence-electron chi connectivity index (χ4n) is 1.08. The van der Waals surface area contributed by atoms with Crippen LogP contribution in [0.25, 0.3) is 0 Å². The summed E-state index contributed by atoms with van der Waals surface area (Å²) in [6.07, 6.45) is 0. The van der Waals surface area contributed by atoms with Crippen LogP contribution < -0.4 is 4.74 Å². The number of carbonyl (C=O) groups excluding carboxylic acids is 1. The number of hydrogen-bond acceptors (Lipinski definition) is 4. The van der Waals surface area contributed by atoms with E-state index >= 15 is 0 Å². The zero-order valence-corrected chi connectivity index (χ0v) is 8.87. The number of esters is 1. The third kappa shape index (κ3) is 2.44. The molecule has 0 saturated carbocycles. The molecule has 15 heavy (non-hydrogen) atoms. The summed E-state index contributed by atoms with van der Waals surface area (Å²) in [4.78, 5) is 20.7. The lowest BCUT2D eigenvalue weighted by atomic mass is 10.2. The molecule has 1 aromatic rings. The molecule has 0 saturated heterocycles. The second-order valence-electron chi connectivity index (χ2n) is 2.87. The van der Waals surface area contributed by atoms with Crippen LogP contribution in [0.2, 0.25) is 5.02 Å². The highest BCUT2D eigenvalue weighted by atomic mass is 35.5. The van der Waals surface area contributed by atoms with E-state index < -0.39 is 10.9 Å². The van der Waals surface area contributed by atoms with Crippen LogP contribution in [0, 0.1) is 17.0 Å². The molecule has 6 heteroatoms. The van der Waals surface area contributed by atoms with Crippen molar-refractivity contribution in [3.05, 3.63) is 32.8 Å². The van der Waals surface area contributed by atoms with Crippen LogP contribution in [-0.2, 0) is 4.79 Å². The molecule has 1 rings (SSSR count). The Hall–Kier alpha value is -1.62. The third-order valence-electron chi connectivity index (χ3n) is 1.77. The van der Waals surface area contributed by atoms with E-state index in [9.17, 15) is 14.9 Å². The Bertz CT molecular complexity index is 430. The van der Waals surface area contributed by atoms with Gasteiger partial charge in [-0.15, -0.1) is 0 Å². The average molecular weight is 230 g/mol. The first-order valence-electron chi connectivity index (χ1n) is 4.05. The van der Waals surface area contributed by atoms with Gasteiger partial charge in [-0.25, -0.2) is 0 Å². The van der Waals surface area contributed by atoms with Crippen molar-refractivity contribution in [2.24, 2.45) is 0 Å². The summed E-state index contributed by atoms with van der Waals surface area (Å²) >= 11 is 5.80. The Morgan fingerprint density at radius 1 is 1.53 bits per heavy atom. The Balaban J connectivity index is 3.21. The molecule has 0 radical (unpaired) electrons. The molecular weight excluding hydrogens is 222 g/mol. The Kier molecular flexibility index (Phi) is 3.26. The predicted octanol–water partition coefficient (Wildman–Crippen LogP) is 2.48. The molecule has 0 aliphatic rings. The van der Waals surface area contributed by atoms with E-state index in [0.29, 0.717) is 0 Å². The molecule has 0 heterocycles. The molecule has 5 nitrogen and oxygen atoms in total. The van der Waals surface area contributed by atoms with Crippen molar-refractivity contribution < 1.29 is 14.5 Å². The zero-order chi connectivity index (χ0) is 11.6. The maximum absolute atomic E-state index is 10.7. The second-order valence-corrected chi connectivity index (χ2v) is 3.25. The zero-order valence-electron chi connectivity index (χ0n) is 8.11. The number of nitro benzene ring substituents is 1. The van der Waals surface area contributed by atoms with Crippen molar-refractivity contribution in [2.45, 2.75) is 13.8 Å². The van der Waals surface area contributed by atoms with Crippen molar-refractivity contribution in [1.29, 1.82) is 0 Å².